The Morgan fingerprint density at radius 2 is 1.88 bits per heavy atom. The molecule has 6 nitrogen and oxygen atoms in total. The van der Waals surface area contributed by atoms with Crippen LogP contribution in [0.2, 0.25) is 0 Å². The smallest absolute Gasteiger partial charge is 0.260 e. The van der Waals surface area contributed by atoms with Gasteiger partial charge in [0.2, 0.25) is 0 Å². The number of nitrogens with one attached hydrogen (secondary N) is 1. The Balaban J connectivity index is 1.42. The summed E-state index contributed by atoms with van der Waals surface area (Å²) in [7, 11) is 0. The van der Waals surface area contributed by atoms with E-state index in [4.69, 9.17) is 4.74 Å². The van der Waals surface area contributed by atoms with Gasteiger partial charge in [0.1, 0.15) is 11.6 Å². The van der Waals surface area contributed by atoms with Crippen molar-refractivity contribution in [3.05, 3.63) is 94.6 Å². The third kappa shape index (κ3) is 4.77. The molecule has 2 heterocycles. The first-order chi connectivity index (χ1) is 15.5. The fourth-order valence-electron chi connectivity index (χ4n) is 3.83. The van der Waals surface area contributed by atoms with E-state index in [-0.39, 0.29) is 24.6 Å². The average molecular weight is 433 g/mol. The number of pyridine rings is 1. The molecule has 164 valence electrons. The predicted octanol–water partition coefficient (Wildman–Crippen LogP) is 3.42. The molecular formula is C25H24FN3O3. The van der Waals surface area contributed by atoms with Gasteiger partial charge in [0.15, 0.2) is 6.61 Å². The first-order valence-electron chi connectivity index (χ1n) is 10.5. The van der Waals surface area contributed by atoms with Crippen molar-refractivity contribution in [1.29, 1.82) is 0 Å². The largest absolute Gasteiger partial charge is 0.484 e. The van der Waals surface area contributed by atoms with Crippen LogP contribution in [-0.4, -0.2) is 34.8 Å². The van der Waals surface area contributed by atoms with Crippen LogP contribution in [0.15, 0.2) is 60.8 Å². The summed E-state index contributed by atoms with van der Waals surface area (Å²) in [6.07, 6.45) is 2.44. The molecule has 0 radical (unpaired) electrons. The number of fused-ring (bicyclic) bond motifs is 1. The number of amides is 2. The second-order valence-electron chi connectivity index (χ2n) is 7.66. The second-order valence-corrected chi connectivity index (χ2v) is 7.66. The molecule has 4 rings (SSSR count). The molecule has 7 heteroatoms. The number of hydrogen-bond donors (Lipinski definition) is 1. The molecule has 1 N–H and O–H groups in total. The zero-order valence-corrected chi connectivity index (χ0v) is 17.8. The van der Waals surface area contributed by atoms with Crippen molar-refractivity contribution in [2.45, 2.75) is 26.4 Å². The summed E-state index contributed by atoms with van der Waals surface area (Å²) < 4.78 is 19.5. The number of para-hydroxylation sites is 1. The van der Waals surface area contributed by atoms with E-state index in [2.05, 4.69) is 10.3 Å². The van der Waals surface area contributed by atoms with Crippen molar-refractivity contribution in [3.63, 3.8) is 0 Å². The van der Waals surface area contributed by atoms with Crippen molar-refractivity contribution >= 4 is 11.8 Å². The zero-order chi connectivity index (χ0) is 22.5. The van der Waals surface area contributed by atoms with Gasteiger partial charge in [-0.15, -0.1) is 0 Å². The number of benzene rings is 2. The third-order valence-corrected chi connectivity index (χ3v) is 5.60. The average Bonchev–Trinajstić information content (AvgIpc) is 2.82. The number of carbonyl (C=O) groups is 2. The number of nitrogens with zero attached hydrogens (tertiary/aromatic N) is 2. The van der Waals surface area contributed by atoms with E-state index in [1.54, 1.807) is 23.2 Å². The highest BCUT2D eigenvalue weighted by molar-refractivity contribution is 5.94. The molecule has 0 fully saturated rings. The van der Waals surface area contributed by atoms with Gasteiger partial charge in [-0.1, -0.05) is 30.3 Å². The summed E-state index contributed by atoms with van der Waals surface area (Å²) in [5, 5.41) is 2.80. The first-order valence-corrected chi connectivity index (χ1v) is 10.5. The molecule has 0 aliphatic carbocycles. The molecule has 0 unspecified atom stereocenters. The number of aromatic nitrogens is 1. The van der Waals surface area contributed by atoms with Crippen LogP contribution in [0.1, 0.15) is 32.7 Å². The second kappa shape index (κ2) is 9.60. The molecule has 0 spiro atoms. The summed E-state index contributed by atoms with van der Waals surface area (Å²) in [5.74, 6) is -0.453. The van der Waals surface area contributed by atoms with E-state index >= 15 is 0 Å². The van der Waals surface area contributed by atoms with Gasteiger partial charge < -0.3 is 15.0 Å². The van der Waals surface area contributed by atoms with Crippen molar-refractivity contribution < 1.29 is 18.7 Å². The number of carbonyl (C=O) groups excluding carboxylic acids is 2. The zero-order valence-electron chi connectivity index (χ0n) is 17.8. The Hall–Kier alpha value is -3.74. The van der Waals surface area contributed by atoms with Crippen molar-refractivity contribution in [2.75, 3.05) is 13.2 Å². The number of halogens is 1. The minimum Gasteiger partial charge on any atom is -0.484 e. The summed E-state index contributed by atoms with van der Waals surface area (Å²) in [6, 6.07) is 15.1. The van der Waals surface area contributed by atoms with E-state index in [9.17, 15) is 14.0 Å². The number of aryl methyl sites for hydroxylation is 1. The van der Waals surface area contributed by atoms with Crippen LogP contribution in [0.25, 0.3) is 0 Å². The van der Waals surface area contributed by atoms with Gasteiger partial charge in [-0.2, -0.15) is 0 Å². The van der Waals surface area contributed by atoms with E-state index in [0.717, 1.165) is 22.4 Å². The predicted molar refractivity (Wildman–Crippen MR) is 118 cm³/mol. The topological polar surface area (TPSA) is 71.5 Å². The highest BCUT2D eigenvalue weighted by Crippen LogP contribution is 2.24. The SMILES string of the molecule is Cc1ncc2c(c1CNC(=O)c1ccccc1F)CCN(C(=O)COc1ccccc1)C2. The minimum atomic E-state index is -0.554. The van der Waals surface area contributed by atoms with Gasteiger partial charge in [-0.25, -0.2) is 4.39 Å². The molecule has 1 aliphatic heterocycles. The van der Waals surface area contributed by atoms with Crippen LogP contribution in [-0.2, 0) is 24.3 Å². The normalized spacial score (nSPS) is 12.8. The maximum Gasteiger partial charge on any atom is 0.260 e. The molecule has 2 amide bonds. The number of ether oxygens (including phenoxy) is 1. The third-order valence-electron chi connectivity index (χ3n) is 5.60. The molecule has 0 bridgehead atoms. The van der Waals surface area contributed by atoms with Crippen LogP contribution in [0, 0.1) is 12.7 Å². The highest BCUT2D eigenvalue weighted by Gasteiger charge is 2.24. The van der Waals surface area contributed by atoms with Crippen LogP contribution >= 0.6 is 0 Å². The Kier molecular flexibility index (Phi) is 6.44. The number of hydrogen-bond acceptors (Lipinski definition) is 4. The molecular weight excluding hydrogens is 409 g/mol. The lowest BCUT2D eigenvalue weighted by molar-refractivity contribution is -0.134. The fourth-order valence-corrected chi connectivity index (χ4v) is 3.83. The Morgan fingerprint density at radius 1 is 1.12 bits per heavy atom. The molecule has 0 saturated carbocycles. The van der Waals surface area contributed by atoms with Crippen LogP contribution < -0.4 is 10.1 Å². The minimum absolute atomic E-state index is 0.0121. The lowest BCUT2D eigenvalue weighted by Gasteiger charge is -2.30. The first kappa shape index (κ1) is 21.5. The van der Waals surface area contributed by atoms with Gasteiger partial charge in [-0.05, 0) is 54.3 Å². The maximum absolute atomic E-state index is 13.9. The lowest BCUT2D eigenvalue weighted by Crippen LogP contribution is -2.39. The Bertz CT molecular complexity index is 1130. The molecule has 1 aliphatic rings. The quantitative estimate of drug-likeness (QED) is 0.647. The molecule has 0 saturated heterocycles. The molecule has 1 aromatic heterocycles. The highest BCUT2D eigenvalue weighted by atomic mass is 19.1. The standard InChI is InChI=1S/C25H24FN3O3/c1-17-22(14-28-25(31)21-9-5-6-10-23(21)26)20-11-12-29(15-18(20)13-27-17)24(30)16-32-19-7-3-2-4-8-19/h2-10,13H,11-12,14-16H2,1H3,(H,28,31). The van der Waals surface area contributed by atoms with Crippen molar-refractivity contribution in [2.24, 2.45) is 0 Å². The molecule has 32 heavy (non-hydrogen) atoms. The van der Waals surface area contributed by atoms with Gasteiger partial charge in [0.25, 0.3) is 11.8 Å². The fraction of sp³-hybridized carbons (Fsp3) is 0.240. The summed E-state index contributed by atoms with van der Waals surface area (Å²) >= 11 is 0. The van der Waals surface area contributed by atoms with Gasteiger partial charge in [-0.3, -0.25) is 14.6 Å². The van der Waals surface area contributed by atoms with Crippen molar-refractivity contribution in [3.8, 4) is 5.75 Å². The summed E-state index contributed by atoms with van der Waals surface area (Å²) in [6.45, 7) is 3.11. The monoisotopic (exact) mass is 433 g/mol. The van der Waals surface area contributed by atoms with E-state index in [1.165, 1.54) is 12.1 Å². The summed E-state index contributed by atoms with van der Waals surface area (Å²) in [4.78, 5) is 31.2. The van der Waals surface area contributed by atoms with Gasteiger partial charge in [0.05, 0.1) is 5.56 Å². The van der Waals surface area contributed by atoms with Crippen LogP contribution in [0.3, 0.4) is 0 Å². The molecule has 2 aromatic carbocycles. The van der Waals surface area contributed by atoms with Gasteiger partial charge in [0, 0.05) is 31.5 Å². The number of rotatable bonds is 6. The summed E-state index contributed by atoms with van der Waals surface area (Å²) in [5.41, 5.74) is 3.77. The van der Waals surface area contributed by atoms with Crippen LogP contribution in [0.5, 0.6) is 5.75 Å². The molecule has 3 aromatic rings. The van der Waals surface area contributed by atoms with Gasteiger partial charge >= 0.3 is 0 Å². The molecule has 0 atom stereocenters. The van der Waals surface area contributed by atoms with E-state index < -0.39 is 11.7 Å². The van der Waals surface area contributed by atoms with E-state index in [0.29, 0.717) is 25.3 Å². The Morgan fingerprint density at radius 3 is 2.66 bits per heavy atom. The van der Waals surface area contributed by atoms with E-state index in [1.807, 2.05) is 37.3 Å². The maximum atomic E-state index is 13.9. The Labute approximate surface area is 186 Å². The van der Waals surface area contributed by atoms with Crippen LogP contribution in [0.4, 0.5) is 4.39 Å². The lowest BCUT2D eigenvalue weighted by atomic mass is 9.94. The van der Waals surface area contributed by atoms with Crippen molar-refractivity contribution in [1.82, 2.24) is 15.2 Å².